The van der Waals surface area contributed by atoms with Gasteiger partial charge in [0.1, 0.15) is 17.2 Å². The fraction of sp³-hybridized carbons (Fsp3) is 0.400. The van der Waals surface area contributed by atoms with Crippen LogP contribution in [0.1, 0.15) is 62.4 Å². The quantitative estimate of drug-likeness (QED) is 0.225. The van der Waals surface area contributed by atoms with Gasteiger partial charge in [0, 0.05) is 17.2 Å². The molecule has 2 aromatic carbocycles. The molecule has 0 aliphatic carbocycles. The first-order valence-electron chi connectivity index (χ1n) is 10.5. The second-order valence-corrected chi connectivity index (χ2v) is 6.76. The van der Waals surface area contributed by atoms with E-state index >= 15 is 0 Å². The monoisotopic (exact) mass is 396 g/mol. The van der Waals surface area contributed by atoms with Gasteiger partial charge in [-0.25, -0.2) is 0 Å². The Balaban J connectivity index is 2.12. The van der Waals surface area contributed by atoms with E-state index in [1.807, 2.05) is 37.3 Å². The summed E-state index contributed by atoms with van der Waals surface area (Å²) in [7, 11) is 0. The topological polar surface area (TPSA) is 44.8 Å². The van der Waals surface area contributed by atoms with E-state index in [1.54, 1.807) is 24.3 Å². The molecule has 0 saturated heterocycles. The van der Waals surface area contributed by atoms with Crippen molar-refractivity contribution >= 4 is 11.9 Å². The van der Waals surface area contributed by atoms with Gasteiger partial charge < -0.3 is 14.2 Å². The molecular weight excluding hydrogens is 364 g/mol. The fourth-order valence-electron chi connectivity index (χ4n) is 2.67. The number of allylic oxidation sites excluding steroid dienone is 1. The second-order valence-electron chi connectivity index (χ2n) is 6.76. The maximum atomic E-state index is 12.5. The molecule has 0 spiro atoms. The summed E-state index contributed by atoms with van der Waals surface area (Å²) in [6.45, 7) is 8.13. The highest BCUT2D eigenvalue weighted by Gasteiger charge is 2.07. The average molecular weight is 397 g/mol. The first kappa shape index (κ1) is 22.5. The molecule has 0 saturated carbocycles. The van der Waals surface area contributed by atoms with Crippen LogP contribution in [0.2, 0.25) is 0 Å². The van der Waals surface area contributed by atoms with Crippen LogP contribution in [0, 0.1) is 0 Å². The Hall–Kier alpha value is -2.75. The lowest BCUT2D eigenvalue weighted by molar-refractivity contribution is 0.104. The summed E-state index contributed by atoms with van der Waals surface area (Å²) in [6, 6.07) is 12.9. The van der Waals surface area contributed by atoms with Crippen LogP contribution in [-0.4, -0.2) is 25.6 Å². The molecule has 0 aliphatic rings. The van der Waals surface area contributed by atoms with Gasteiger partial charge in [0.2, 0.25) is 0 Å². The number of benzene rings is 2. The van der Waals surface area contributed by atoms with Crippen LogP contribution in [0.25, 0.3) is 6.08 Å². The van der Waals surface area contributed by atoms with Crippen LogP contribution in [-0.2, 0) is 0 Å². The van der Waals surface area contributed by atoms with Crippen LogP contribution < -0.4 is 14.2 Å². The molecule has 156 valence electrons. The Morgan fingerprint density at radius 1 is 0.828 bits per heavy atom. The summed E-state index contributed by atoms with van der Waals surface area (Å²) in [5.41, 5.74) is 1.49. The first-order chi connectivity index (χ1) is 14.2. The number of carbonyl (C=O) groups is 1. The molecule has 2 rings (SSSR count). The minimum atomic E-state index is -0.0594. The van der Waals surface area contributed by atoms with Crippen molar-refractivity contribution in [3.05, 3.63) is 59.7 Å². The lowest BCUT2D eigenvalue weighted by Crippen LogP contribution is -2.01. The van der Waals surface area contributed by atoms with Crippen molar-refractivity contribution in [2.24, 2.45) is 0 Å². The van der Waals surface area contributed by atoms with E-state index in [9.17, 15) is 4.79 Å². The first-order valence-corrected chi connectivity index (χ1v) is 10.5. The van der Waals surface area contributed by atoms with E-state index in [0.717, 1.165) is 48.5 Å². The highest BCUT2D eigenvalue weighted by atomic mass is 16.5. The van der Waals surface area contributed by atoms with E-state index < -0.39 is 0 Å². The van der Waals surface area contributed by atoms with Gasteiger partial charge in [-0.15, -0.1) is 0 Å². The zero-order valence-corrected chi connectivity index (χ0v) is 17.8. The highest BCUT2D eigenvalue weighted by Crippen LogP contribution is 2.27. The van der Waals surface area contributed by atoms with Gasteiger partial charge >= 0.3 is 0 Å². The van der Waals surface area contributed by atoms with Crippen LogP contribution >= 0.6 is 0 Å². The number of ketones is 1. The van der Waals surface area contributed by atoms with Crippen molar-refractivity contribution < 1.29 is 19.0 Å². The van der Waals surface area contributed by atoms with Gasteiger partial charge in [0.15, 0.2) is 5.78 Å². The van der Waals surface area contributed by atoms with Gasteiger partial charge in [0.25, 0.3) is 0 Å². The second kappa shape index (κ2) is 12.7. The zero-order chi connectivity index (χ0) is 20.9. The molecule has 0 aromatic heterocycles. The Bertz CT molecular complexity index is 778. The summed E-state index contributed by atoms with van der Waals surface area (Å²) in [4.78, 5) is 12.5. The molecule has 0 bridgehead atoms. The van der Waals surface area contributed by atoms with Gasteiger partial charge in [-0.3, -0.25) is 4.79 Å². The summed E-state index contributed by atoms with van der Waals surface area (Å²) in [6.07, 6.45) is 7.53. The number of hydrogen-bond donors (Lipinski definition) is 0. The number of carbonyl (C=O) groups excluding carboxylic acids is 1. The Labute approximate surface area is 174 Å². The van der Waals surface area contributed by atoms with Crippen molar-refractivity contribution in [2.75, 3.05) is 19.8 Å². The van der Waals surface area contributed by atoms with Crippen molar-refractivity contribution in [3.8, 4) is 17.2 Å². The average Bonchev–Trinajstić information content (AvgIpc) is 2.74. The molecule has 29 heavy (non-hydrogen) atoms. The number of unbranched alkanes of at least 4 members (excludes halogenated alkanes) is 2. The Morgan fingerprint density at radius 3 is 2.14 bits per heavy atom. The van der Waals surface area contributed by atoms with Gasteiger partial charge in [-0.2, -0.15) is 0 Å². The predicted molar refractivity (Wildman–Crippen MR) is 118 cm³/mol. The Kier molecular flexibility index (Phi) is 9.84. The minimum Gasteiger partial charge on any atom is -0.494 e. The molecule has 0 atom stereocenters. The molecule has 0 amide bonds. The highest BCUT2D eigenvalue weighted by molar-refractivity contribution is 6.07. The summed E-state index contributed by atoms with van der Waals surface area (Å²) < 4.78 is 17.2. The van der Waals surface area contributed by atoms with Crippen LogP contribution in [0.5, 0.6) is 17.2 Å². The molecule has 0 unspecified atom stereocenters. The summed E-state index contributed by atoms with van der Waals surface area (Å²) >= 11 is 0. The van der Waals surface area contributed by atoms with Crippen molar-refractivity contribution in [3.63, 3.8) is 0 Å². The van der Waals surface area contributed by atoms with E-state index in [-0.39, 0.29) is 5.78 Å². The number of rotatable bonds is 13. The maximum Gasteiger partial charge on any atom is 0.185 e. The third-order valence-electron chi connectivity index (χ3n) is 4.37. The molecule has 0 radical (unpaired) electrons. The maximum absolute atomic E-state index is 12.5. The molecule has 0 heterocycles. The molecule has 4 heteroatoms. The van der Waals surface area contributed by atoms with Gasteiger partial charge in [-0.1, -0.05) is 26.7 Å². The third-order valence-corrected chi connectivity index (χ3v) is 4.37. The van der Waals surface area contributed by atoms with Crippen LogP contribution in [0.4, 0.5) is 0 Å². The standard InChI is InChI=1S/C25H32O4/c1-4-7-17-28-23-15-11-21(25(19-23)29-18-8-5-2)12-16-24(26)20-9-13-22(14-10-20)27-6-3/h9-16,19H,4-8,17-18H2,1-3H3. The molecule has 0 N–H and O–H groups in total. The van der Waals surface area contributed by atoms with Crippen LogP contribution in [0.15, 0.2) is 48.5 Å². The lowest BCUT2D eigenvalue weighted by Gasteiger charge is -2.12. The molecule has 0 fully saturated rings. The van der Waals surface area contributed by atoms with Crippen molar-refractivity contribution in [1.82, 2.24) is 0 Å². The third kappa shape index (κ3) is 7.65. The van der Waals surface area contributed by atoms with Gasteiger partial charge in [-0.05, 0) is 68.3 Å². The lowest BCUT2D eigenvalue weighted by atomic mass is 10.1. The predicted octanol–water partition coefficient (Wildman–Crippen LogP) is 6.34. The molecule has 0 aliphatic heterocycles. The van der Waals surface area contributed by atoms with Crippen LogP contribution in [0.3, 0.4) is 0 Å². The molecular formula is C25H32O4. The van der Waals surface area contributed by atoms with Gasteiger partial charge in [0.05, 0.1) is 19.8 Å². The minimum absolute atomic E-state index is 0.0594. The number of hydrogen-bond acceptors (Lipinski definition) is 4. The normalized spacial score (nSPS) is 10.9. The van der Waals surface area contributed by atoms with Crippen molar-refractivity contribution in [2.45, 2.75) is 46.5 Å². The van der Waals surface area contributed by atoms with E-state index in [2.05, 4.69) is 13.8 Å². The SMILES string of the molecule is CCCCOc1ccc(C=CC(=O)c2ccc(OCC)cc2)c(OCCCC)c1. The summed E-state index contributed by atoms with van der Waals surface area (Å²) in [5, 5.41) is 0. The smallest absolute Gasteiger partial charge is 0.185 e. The summed E-state index contributed by atoms with van der Waals surface area (Å²) in [5.74, 6) is 2.23. The molecule has 2 aromatic rings. The van der Waals surface area contributed by atoms with E-state index in [0.29, 0.717) is 25.4 Å². The van der Waals surface area contributed by atoms with Crippen molar-refractivity contribution in [1.29, 1.82) is 0 Å². The zero-order valence-electron chi connectivity index (χ0n) is 17.8. The fourth-order valence-corrected chi connectivity index (χ4v) is 2.67. The molecule has 4 nitrogen and oxygen atoms in total. The Morgan fingerprint density at radius 2 is 1.48 bits per heavy atom. The largest absolute Gasteiger partial charge is 0.494 e. The number of ether oxygens (including phenoxy) is 3. The van der Waals surface area contributed by atoms with E-state index in [1.165, 1.54) is 0 Å². The van der Waals surface area contributed by atoms with E-state index in [4.69, 9.17) is 14.2 Å².